The summed E-state index contributed by atoms with van der Waals surface area (Å²) in [6.45, 7) is 1.82. The lowest BCUT2D eigenvalue weighted by Gasteiger charge is -2.32. The maximum Gasteiger partial charge on any atom is 0.0775 e. The van der Waals surface area contributed by atoms with Crippen LogP contribution in [0.1, 0.15) is 24.1 Å². The van der Waals surface area contributed by atoms with Crippen LogP contribution in [0.2, 0.25) is 0 Å². The molecule has 0 spiro atoms. The summed E-state index contributed by atoms with van der Waals surface area (Å²) in [7, 11) is 0. The van der Waals surface area contributed by atoms with E-state index in [2.05, 4.69) is 22.8 Å². The first-order chi connectivity index (χ1) is 6.79. The molecular weight excluding hydrogens is 194 g/mol. The summed E-state index contributed by atoms with van der Waals surface area (Å²) in [5.41, 5.74) is -0.456. The Morgan fingerprint density at radius 1 is 1.57 bits per heavy atom. The highest BCUT2D eigenvalue weighted by Crippen LogP contribution is 2.23. The molecule has 0 amide bonds. The van der Waals surface area contributed by atoms with Crippen molar-refractivity contribution in [2.24, 2.45) is 0 Å². The number of aryl methyl sites for hydroxylation is 1. The Labute approximate surface area is 89.0 Å². The van der Waals surface area contributed by atoms with Crippen LogP contribution in [0.25, 0.3) is 0 Å². The Bertz CT molecular complexity index is 265. The number of aliphatic hydroxyl groups is 1. The van der Waals surface area contributed by atoms with E-state index in [9.17, 15) is 5.11 Å². The number of nitrogens with one attached hydrogen (secondary N) is 1. The van der Waals surface area contributed by atoms with Crippen LogP contribution >= 0.6 is 11.3 Å². The lowest BCUT2D eigenvalue weighted by Crippen LogP contribution is -2.45. The van der Waals surface area contributed by atoms with Crippen molar-refractivity contribution < 1.29 is 5.11 Å². The average Bonchev–Trinajstić information content (AvgIpc) is 2.69. The molecule has 2 N–H and O–H groups in total. The summed E-state index contributed by atoms with van der Waals surface area (Å²) in [6.07, 6.45) is 3.95. The monoisotopic (exact) mass is 211 g/mol. The van der Waals surface area contributed by atoms with Gasteiger partial charge in [-0.2, -0.15) is 0 Å². The van der Waals surface area contributed by atoms with Crippen LogP contribution < -0.4 is 5.32 Å². The second-order valence-electron chi connectivity index (χ2n) is 4.08. The van der Waals surface area contributed by atoms with Gasteiger partial charge >= 0.3 is 0 Å². The third-order valence-electron chi connectivity index (χ3n) is 2.87. The minimum atomic E-state index is -0.456. The fourth-order valence-electron chi connectivity index (χ4n) is 1.98. The van der Waals surface area contributed by atoms with Crippen LogP contribution in [-0.2, 0) is 6.42 Å². The molecule has 1 aromatic rings. The summed E-state index contributed by atoms with van der Waals surface area (Å²) < 4.78 is 0. The quantitative estimate of drug-likeness (QED) is 0.799. The molecule has 14 heavy (non-hydrogen) atoms. The van der Waals surface area contributed by atoms with Crippen molar-refractivity contribution in [2.45, 2.75) is 31.3 Å². The normalized spacial score (nSPS) is 27.8. The number of hydrogen-bond donors (Lipinski definition) is 2. The number of piperidine rings is 1. The Balaban J connectivity index is 1.84. The molecule has 1 fully saturated rings. The molecular formula is C11H17NOS. The fourth-order valence-corrected chi connectivity index (χ4v) is 2.68. The van der Waals surface area contributed by atoms with E-state index in [1.807, 2.05) is 0 Å². The van der Waals surface area contributed by atoms with Gasteiger partial charge in [-0.05, 0) is 43.7 Å². The van der Waals surface area contributed by atoms with E-state index < -0.39 is 5.60 Å². The summed E-state index contributed by atoms with van der Waals surface area (Å²) in [6, 6.07) is 4.22. The second kappa shape index (κ2) is 4.43. The zero-order chi connectivity index (χ0) is 9.86. The largest absolute Gasteiger partial charge is 0.389 e. The first kappa shape index (κ1) is 10.1. The molecule has 0 saturated carbocycles. The zero-order valence-electron chi connectivity index (χ0n) is 8.33. The van der Waals surface area contributed by atoms with E-state index in [4.69, 9.17) is 0 Å². The van der Waals surface area contributed by atoms with Crippen LogP contribution in [0.4, 0.5) is 0 Å². The number of thiophene rings is 1. The van der Waals surface area contributed by atoms with Gasteiger partial charge in [0.25, 0.3) is 0 Å². The maximum atomic E-state index is 10.2. The van der Waals surface area contributed by atoms with Gasteiger partial charge in [-0.3, -0.25) is 0 Å². The van der Waals surface area contributed by atoms with Crippen molar-refractivity contribution in [3.63, 3.8) is 0 Å². The molecule has 3 heteroatoms. The van der Waals surface area contributed by atoms with E-state index >= 15 is 0 Å². The van der Waals surface area contributed by atoms with Gasteiger partial charge in [0.05, 0.1) is 5.60 Å². The molecule has 1 aromatic heterocycles. The van der Waals surface area contributed by atoms with E-state index in [1.54, 1.807) is 11.3 Å². The van der Waals surface area contributed by atoms with Crippen molar-refractivity contribution >= 4 is 11.3 Å². The first-order valence-corrected chi connectivity index (χ1v) is 6.12. The van der Waals surface area contributed by atoms with Crippen LogP contribution in [0.3, 0.4) is 0 Å². The highest BCUT2D eigenvalue weighted by molar-refractivity contribution is 7.09. The van der Waals surface area contributed by atoms with Crippen LogP contribution in [0.15, 0.2) is 17.5 Å². The van der Waals surface area contributed by atoms with Gasteiger partial charge < -0.3 is 10.4 Å². The highest BCUT2D eigenvalue weighted by Gasteiger charge is 2.28. The van der Waals surface area contributed by atoms with Gasteiger partial charge in [0.2, 0.25) is 0 Å². The molecule has 1 aliphatic heterocycles. The lowest BCUT2D eigenvalue weighted by atomic mass is 9.89. The predicted octanol–water partition coefficient (Wildman–Crippen LogP) is 1.80. The predicted molar refractivity (Wildman–Crippen MR) is 59.7 cm³/mol. The van der Waals surface area contributed by atoms with Crippen LogP contribution in [0, 0.1) is 0 Å². The van der Waals surface area contributed by atoms with Gasteiger partial charge in [-0.1, -0.05) is 6.07 Å². The van der Waals surface area contributed by atoms with Crippen molar-refractivity contribution in [1.82, 2.24) is 5.32 Å². The highest BCUT2D eigenvalue weighted by atomic mass is 32.1. The zero-order valence-corrected chi connectivity index (χ0v) is 9.15. The summed E-state index contributed by atoms with van der Waals surface area (Å²) in [5, 5.41) is 15.6. The van der Waals surface area contributed by atoms with Crippen LogP contribution in [0.5, 0.6) is 0 Å². The number of hydrogen-bond acceptors (Lipinski definition) is 3. The van der Waals surface area contributed by atoms with E-state index in [-0.39, 0.29) is 0 Å². The summed E-state index contributed by atoms with van der Waals surface area (Å²) in [4.78, 5) is 1.38. The molecule has 0 radical (unpaired) electrons. The molecule has 2 nitrogen and oxygen atoms in total. The molecule has 1 atom stereocenters. The smallest absolute Gasteiger partial charge is 0.0775 e. The Morgan fingerprint density at radius 2 is 2.50 bits per heavy atom. The van der Waals surface area contributed by atoms with E-state index in [1.165, 1.54) is 4.88 Å². The topological polar surface area (TPSA) is 32.3 Å². The molecule has 1 aliphatic rings. The number of rotatable bonds is 3. The fraction of sp³-hybridized carbons (Fsp3) is 0.636. The molecule has 0 aromatic carbocycles. The molecule has 0 bridgehead atoms. The Morgan fingerprint density at radius 3 is 3.14 bits per heavy atom. The molecule has 2 rings (SSSR count). The molecule has 78 valence electrons. The maximum absolute atomic E-state index is 10.2. The van der Waals surface area contributed by atoms with Crippen LogP contribution in [-0.4, -0.2) is 23.8 Å². The molecule has 1 saturated heterocycles. The first-order valence-electron chi connectivity index (χ1n) is 5.24. The lowest BCUT2D eigenvalue weighted by molar-refractivity contribution is 0.00906. The molecule has 0 aliphatic carbocycles. The van der Waals surface area contributed by atoms with Gasteiger partial charge in [0.1, 0.15) is 0 Å². The van der Waals surface area contributed by atoms with Crippen molar-refractivity contribution in [3.8, 4) is 0 Å². The average molecular weight is 211 g/mol. The van der Waals surface area contributed by atoms with Gasteiger partial charge in [0, 0.05) is 11.4 Å². The van der Waals surface area contributed by atoms with E-state index in [0.717, 1.165) is 38.8 Å². The summed E-state index contributed by atoms with van der Waals surface area (Å²) >= 11 is 1.78. The molecule has 1 unspecified atom stereocenters. The van der Waals surface area contributed by atoms with Gasteiger partial charge in [0.15, 0.2) is 0 Å². The van der Waals surface area contributed by atoms with Gasteiger partial charge in [-0.15, -0.1) is 11.3 Å². The van der Waals surface area contributed by atoms with Crippen molar-refractivity contribution in [3.05, 3.63) is 22.4 Å². The van der Waals surface area contributed by atoms with Crippen molar-refractivity contribution in [1.29, 1.82) is 0 Å². The minimum absolute atomic E-state index is 0.456. The third kappa shape index (κ3) is 2.56. The Kier molecular flexibility index (Phi) is 3.21. The van der Waals surface area contributed by atoms with E-state index in [0.29, 0.717) is 0 Å². The second-order valence-corrected chi connectivity index (χ2v) is 5.12. The molecule has 2 heterocycles. The number of β-amino-alcohol motifs (C(OH)–C–C–N with tert-alkyl or cyclic N) is 1. The SMILES string of the molecule is OC1(CCc2cccs2)CCCNC1. The summed E-state index contributed by atoms with van der Waals surface area (Å²) in [5.74, 6) is 0. The van der Waals surface area contributed by atoms with Gasteiger partial charge in [-0.25, -0.2) is 0 Å². The van der Waals surface area contributed by atoms with Crippen molar-refractivity contribution in [2.75, 3.05) is 13.1 Å². The third-order valence-corrected chi connectivity index (χ3v) is 3.80. The standard InChI is InChI=1S/C11H17NOS/c13-11(5-2-7-12-9-11)6-4-10-3-1-8-14-10/h1,3,8,12-13H,2,4-7,9H2. The Hall–Kier alpha value is -0.380. The minimum Gasteiger partial charge on any atom is -0.389 e.